The van der Waals surface area contributed by atoms with E-state index in [-0.39, 0.29) is 23.1 Å². The zero-order valence-electron chi connectivity index (χ0n) is 16.2. The fraction of sp³-hybridized carbons (Fsp3) is 0.227. The number of aliphatic hydroxyl groups is 1. The van der Waals surface area contributed by atoms with Crippen molar-refractivity contribution in [2.24, 2.45) is 0 Å². The summed E-state index contributed by atoms with van der Waals surface area (Å²) in [6.45, 7) is 1.57. The second-order valence-corrected chi connectivity index (χ2v) is 6.83. The molecule has 0 saturated carbocycles. The molecule has 1 aromatic heterocycles. The third kappa shape index (κ3) is 4.35. The van der Waals surface area contributed by atoms with Gasteiger partial charge >= 0.3 is 0 Å². The van der Waals surface area contributed by atoms with Gasteiger partial charge in [0.2, 0.25) is 0 Å². The van der Waals surface area contributed by atoms with Crippen molar-refractivity contribution < 1.29 is 14.7 Å². The highest BCUT2D eigenvalue weighted by molar-refractivity contribution is 5.97. The first-order chi connectivity index (χ1) is 13.9. The molecule has 7 nitrogen and oxygen atoms in total. The molecule has 0 spiro atoms. The monoisotopic (exact) mass is 393 g/mol. The van der Waals surface area contributed by atoms with E-state index in [1.165, 1.54) is 7.05 Å². The molecular weight excluding hydrogens is 370 g/mol. The minimum atomic E-state index is -1.45. The molecular formula is C22H23N3O4. The Morgan fingerprint density at radius 2 is 1.72 bits per heavy atom. The van der Waals surface area contributed by atoms with E-state index in [0.717, 1.165) is 5.56 Å². The minimum Gasteiger partial charge on any atom is -0.381 e. The zero-order chi connectivity index (χ0) is 21.0. The van der Waals surface area contributed by atoms with Crippen LogP contribution >= 0.6 is 0 Å². The van der Waals surface area contributed by atoms with E-state index in [0.29, 0.717) is 10.9 Å². The average molecular weight is 393 g/mol. The van der Waals surface area contributed by atoms with E-state index in [4.69, 9.17) is 0 Å². The normalized spacial score (nSPS) is 12.9. The van der Waals surface area contributed by atoms with Crippen molar-refractivity contribution in [2.75, 3.05) is 7.05 Å². The standard InChI is InChI=1S/C22H23N3O4/c1-13-18(24-16-11-7-6-10-15(16)19(13)26)21(28)25-17(20(27)22(29)23-2)12-14-8-4-3-5-9-14/h3-11,17,20,27H,12H2,1-2H3,(H,23,29)(H,24,26)(H,25,28)/t17-,20+/m0/s1. The first kappa shape index (κ1) is 20.3. The summed E-state index contributed by atoms with van der Waals surface area (Å²) in [6, 6.07) is 15.3. The number of aliphatic hydroxyl groups excluding tert-OH is 1. The van der Waals surface area contributed by atoms with Crippen LogP contribution in [0.2, 0.25) is 0 Å². The molecule has 29 heavy (non-hydrogen) atoms. The lowest BCUT2D eigenvalue weighted by atomic mass is 10.00. The Labute approximate surface area is 167 Å². The molecule has 4 N–H and O–H groups in total. The Bertz CT molecular complexity index is 1090. The van der Waals surface area contributed by atoms with Crippen LogP contribution in [0.15, 0.2) is 59.4 Å². The van der Waals surface area contributed by atoms with Gasteiger partial charge < -0.3 is 20.7 Å². The maximum atomic E-state index is 13.0. The third-order valence-electron chi connectivity index (χ3n) is 4.89. The van der Waals surface area contributed by atoms with Crippen molar-refractivity contribution in [1.82, 2.24) is 15.6 Å². The molecule has 1 heterocycles. The predicted octanol–water partition coefficient (Wildman–Crippen LogP) is 1.28. The molecule has 0 aliphatic heterocycles. The zero-order valence-corrected chi connectivity index (χ0v) is 16.2. The number of rotatable bonds is 6. The van der Waals surface area contributed by atoms with E-state index in [1.54, 1.807) is 31.2 Å². The summed E-state index contributed by atoms with van der Waals surface area (Å²) in [4.78, 5) is 40.5. The highest BCUT2D eigenvalue weighted by Crippen LogP contribution is 2.13. The van der Waals surface area contributed by atoms with Gasteiger partial charge in [0.25, 0.3) is 11.8 Å². The number of likely N-dealkylation sites (N-methyl/N-ethyl adjacent to an activating group) is 1. The Morgan fingerprint density at radius 3 is 2.41 bits per heavy atom. The lowest BCUT2D eigenvalue weighted by Gasteiger charge is -2.23. The number of carbonyl (C=O) groups is 2. The van der Waals surface area contributed by atoms with Crippen LogP contribution in [-0.2, 0) is 11.2 Å². The maximum absolute atomic E-state index is 13.0. The predicted molar refractivity (Wildman–Crippen MR) is 111 cm³/mol. The third-order valence-corrected chi connectivity index (χ3v) is 4.89. The van der Waals surface area contributed by atoms with Crippen LogP contribution in [0.25, 0.3) is 10.9 Å². The van der Waals surface area contributed by atoms with E-state index < -0.39 is 24.0 Å². The molecule has 3 aromatic rings. The van der Waals surface area contributed by atoms with Gasteiger partial charge in [-0.15, -0.1) is 0 Å². The van der Waals surface area contributed by atoms with E-state index in [9.17, 15) is 19.5 Å². The number of fused-ring (bicyclic) bond motifs is 1. The molecule has 2 aromatic carbocycles. The summed E-state index contributed by atoms with van der Waals surface area (Å²) >= 11 is 0. The number of aromatic amines is 1. The molecule has 7 heteroatoms. The second-order valence-electron chi connectivity index (χ2n) is 6.83. The van der Waals surface area contributed by atoms with Crippen molar-refractivity contribution in [1.29, 1.82) is 0 Å². The van der Waals surface area contributed by atoms with Crippen LogP contribution in [-0.4, -0.2) is 41.1 Å². The number of benzene rings is 2. The lowest BCUT2D eigenvalue weighted by molar-refractivity contribution is -0.130. The van der Waals surface area contributed by atoms with Crippen LogP contribution in [0, 0.1) is 6.92 Å². The van der Waals surface area contributed by atoms with Crippen molar-refractivity contribution in [2.45, 2.75) is 25.5 Å². The summed E-state index contributed by atoms with van der Waals surface area (Å²) in [6.07, 6.45) is -1.20. The quantitative estimate of drug-likeness (QED) is 0.506. The summed E-state index contributed by atoms with van der Waals surface area (Å²) in [7, 11) is 1.41. The fourth-order valence-corrected chi connectivity index (χ4v) is 3.24. The van der Waals surface area contributed by atoms with Crippen LogP contribution in [0.1, 0.15) is 21.6 Å². The summed E-state index contributed by atoms with van der Waals surface area (Å²) in [5, 5.41) is 16.0. The Kier molecular flexibility index (Phi) is 6.09. The van der Waals surface area contributed by atoms with Crippen molar-refractivity contribution in [3.8, 4) is 0 Å². The summed E-state index contributed by atoms with van der Waals surface area (Å²) < 4.78 is 0. The summed E-state index contributed by atoms with van der Waals surface area (Å²) in [5.74, 6) is -1.16. The number of H-pyrrole nitrogens is 1. The van der Waals surface area contributed by atoms with Gasteiger partial charge in [-0.3, -0.25) is 14.4 Å². The molecule has 0 bridgehead atoms. The number of amides is 2. The highest BCUT2D eigenvalue weighted by Gasteiger charge is 2.28. The number of carbonyl (C=O) groups excluding carboxylic acids is 2. The minimum absolute atomic E-state index is 0.107. The van der Waals surface area contributed by atoms with Crippen LogP contribution < -0.4 is 16.1 Å². The van der Waals surface area contributed by atoms with Crippen molar-refractivity contribution >= 4 is 22.7 Å². The topological polar surface area (TPSA) is 111 Å². The molecule has 3 rings (SSSR count). The van der Waals surface area contributed by atoms with Gasteiger partial charge in [0, 0.05) is 23.5 Å². The van der Waals surface area contributed by atoms with Gasteiger partial charge in [0.05, 0.1) is 6.04 Å². The fourth-order valence-electron chi connectivity index (χ4n) is 3.24. The smallest absolute Gasteiger partial charge is 0.268 e. The van der Waals surface area contributed by atoms with Gasteiger partial charge in [0.15, 0.2) is 11.5 Å². The van der Waals surface area contributed by atoms with Gasteiger partial charge in [0.1, 0.15) is 5.69 Å². The molecule has 150 valence electrons. The van der Waals surface area contributed by atoms with Gasteiger partial charge in [-0.05, 0) is 31.0 Å². The van der Waals surface area contributed by atoms with E-state index >= 15 is 0 Å². The van der Waals surface area contributed by atoms with Gasteiger partial charge in [-0.1, -0.05) is 42.5 Å². The summed E-state index contributed by atoms with van der Waals surface area (Å²) in [5.41, 5.74) is 1.53. The first-order valence-corrected chi connectivity index (χ1v) is 9.28. The number of hydrogen-bond donors (Lipinski definition) is 4. The highest BCUT2D eigenvalue weighted by atomic mass is 16.3. The second kappa shape index (κ2) is 8.70. The average Bonchev–Trinajstić information content (AvgIpc) is 2.75. The largest absolute Gasteiger partial charge is 0.381 e. The number of pyridine rings is 1. The van der Waals surface area contributed by atoms with E-state index in [2.05, 4.69) is 15.6 Å². The maximum Gasteiger partial charge on any atom is 0.268 e. The molecule has 0 fully saturated rings. The molecule has 2 amide bonds. The first-order valence-electron chi connectivity index (χ1n) is 9.28. The Morgan fingerprint density at radius 1 is 1.07 bits per heavy atom. The van der Waals surface area contributed by atoms with Crippen LogP contribution in [0.4, 0.5) is 0 Å². The SMILES string of the molecule is CNC(=O)[C@H](O)[C@H](Cc1ccccc1)NC(=O)c1[nH]c2ccccc2c(=O)c1C. The molecule has 0 radical (unpaired) electrons. The molecule has 0 saturated heterocycles. The Hall–Kier alpha value is -3.45. The van der Waals surface area contributed by atoms with Crippen molar-refractivity contribution in [3.05, 3.63) is 81.6 Å². The number of para-hydroxylation sites is 1. The lowest BCUT2D eigenvalue weighted by Crippen LogP contribution is -2.51. The Balaban J connectivity index is 1.93. The molecule has 0 aliphatic rings. The van der Waals surface area contributed by atoms with Gasteiger partial charge in [-0.2, -0.15) is 0 Å². The number of hydrogen-bond acceptors (Lipinski definition) is 4. The van der Waals surface area contributed by atoms with Crippen molar-refractivity contribution in [3.63, 3.8) is 0 Å². The molecule has 2 atom stereocenters. The van der Waals surface area contributed by atoms with Gasteiger partial charge in [-0.25, -0.2) is 0 Å². The van der Waals surface area contributed by atoms with E-state index in [1.807, 2.05) is 30.3 Å². The van der Waals surface area contributed by atoms with Crippen LogP contribution in [0.5, 0.6) is 0 Å². The molecule has 0 aliphatic carbocycles. The molecule has 0 unspecified atom stereocenters. The number of nitrogens with one attached hydrogen (secondary N) is 3. The number of aromatic nitrogens is 1. The van der Waals surface area contributed by atoms with Crippen LogP contribution in [0.3, 0.4) is 0 Å².